The third-order valence-corrected chi connectivity index (χ3v) is 5.95. The molecule has 1 unspecified atom stereocenters. The number of rotatable bonds is 2. The summed E-state index contributed by atoms with van der Waals surface area (Å²) in [6.45, 7) is 3.20. The Morgan fingerprint density at radius 3 is 2.91 bits per heavy atom. The molecule has 122 valence electrons. The van der Waals surface area contributed by atoms with Crippen molar-refractivity contribution in [2.75, 3.05) is 19.6 Å². The molecule has 4 aliphatic heterocycles. The molecule has 1 aromatic rings. The number of carbonyl (C=O) groups excluding carboxylic acids is 1. The van der Waals surface area contributed by atoms with Crippen molar-refractivity contribution in [1.82, 2.24) is 20.1 Å². The fourth-order valence-corrected chi connectivity index (χ4v) is 4.63. The predicted octanol–water partition coefficient (Wildman–Crippen LogP) is 2.54. The summed E-state index contributed by atoms with van der Waals surface area (Å²) in [6.07, 6.45) is 5.44. The van der Waals surface area contributed by atoms with Crippen LogP contribution in [0, 0.1) is 11.9 Å². The number of pyridine rings is 1. The molecule has 0 saturated carbocycles. The summed E-state index contributed by atoms with van der Waals surface area (Å²) in [6, 6.07) is 3.42. The lowest BCUT2D eigenvalue weighted by atomic mass is 9.84. The van der Waals surface area contributed by atoms with Gasteiger partial charge in [-0.25, -0.2) is 9.78 Å². The topological polar surface area (TPSA) is 48.5 Å². The molecule has 0 spiro atoms. The van der Waals surface area contributed by atoms with E-state index in [-0.39, 0.29) is 17.4 Å². The molecule has 3 fully saturated rings. The van der Waals surface area contributed by atoms with Crippen LogP contribution in [-0.4, -0.2) is 46.5 Å². The van der Waals surface area contributed by atoms with Crippen molar-refractivity contribution in [2.45, 2.75) is 24.3 Å². The molecule has 2 amide bonds. The van der Waals surface area contributed by atoms with Gasteiger partial charge in [0, 0.05) is 30.5 Å². The zero-order chi connectivity index (χ0) is 15.8. The van der Waals surface area contributed by atoms with Crippen molar-refractivity contribution in [2.24, 2.45) is 5.92 Å². The van der Waals surface area contributed by atoms with Crippen molar-refractivity contribution < 1.29 is 9.18 Å². The Balaban J connectivity index is 1.47. The quantitative estimate of drug-likeness (QED) is 0.845. The second kappa shape index (κ2) is 6.13. The van der Waals surface area contributed by atoms with Gasteiger partial charge in [0.15, 0.2) is 0 Å². The van der Waals surface area contributed by atoms with Crippen LogP contribution in [0.2, 0.25) is 0 Å². The van der Waals surface area contributed by atoms with Gasteiger partial charge in [-0.3, -0.25) is 4.90 Å². The predicted molar refractivity (Wildman–Crippen MR) is 87.0 cm³/mol. The lowest BCUT2D eigenvalue weighted by Gasteiger charge is -2.45. The number of piperidine rings is 3. The second-order valence-corrected chi connectivity index (χ2v) is 7.25. The summed E-state index contributed by atoms with van der Waals surface area (Å²) in [5, 5.41) is 4.59. The summed E-state index contributed by atoms with van der Waals surface area (Å²) >= 11 is 1.42. The van der Waals surface area contributed by atoms with Crippen molar-refractivity contribution in [3.05, 3.63) is 41.4 Å². The van der Waals surface area contributed by atoms with Crippen molar-refractivity contribution in [1.29, 1.82) is 0 Å². The molecule has 5 rings (SSSR count). The number of halogens is 1. The number of hydrogen-bond donors (Lipinski definition) is 1. The van der Waals surface area contributed by atoms with E-state index < -0.39 is 5.95 Å². The molecule has 2 bridgehead atoms. The standard InChI is InChI=1S/C16H19FN4OS/c17-14-12(2-1-5-18-14)15-21(8-9-23-15)16(22)19-13-10-20-6-3-11(13)4-7-20/h1-2,5,8-9,11,13,15H,3-4,6-7,10H2,(H,19,22)/t13-,15?/m0/s1. The van der Waals surface area contributed by atoms with Crippen LogP contribution in [0.3, 0.4) is 0 Å². The number of urea groups is 1. The van der Waals surface area contributed by atoms with Crippen molar-refractivity contribution in [3.8, 4) is 0 Å². The fraction of sp³-hybridized carbons (Fsp3) is 0.500. The number of thioether (sulfide) groups is 1. The normalized spacial score (nSPS) is 32.3. The molecule has 4 aliphatic rings. The van der Waals surface area contributed by atoms with Gasteiger partial charge < -0.3 is 10.2 Å². The maximum atomic E-state index is 13.9. The van der Waals surface area contributed by atoms with Gasteiger partial charge in [-0.15, -0.1) is 11.8 Å². The van der Waals surface area contributed by atoms with Gasteiger partial charge in [-0.05, 0) is 49.4 Å². The van der Waals surface area contributed by atoms with Crippen LogP contribution < -0.4 is 5.32 Å². The molecular weight excluding hydrogens is 315 g/mol. The van der Waals surface area contributed by atoms with E-state index in [0.717, 1.165) is 32.5 Å². The van der Waals surface area contributed by atoms with E-state index in [0.29, 0.717) is 11.5 Å². The summed E-state index contributed by atoms with van der Waals surface area (Å²) in [7, 11) is 0. The number of hydrogen-bond acceptors (Lipinski definition) is 4. The molecule has 5 heterocycles. The third-order valence-electron chi connectivity index (χ3n) is 4.94. The average molecular weight is 334 g/mol. The Hall–Kier alpha value is -1.60. The Morgan fingerprint density at radius 2 is 2.22 bits per heavy atom. The summed E-state index contributed by atoms with van der Waals surface area (Å²) in [4.78, 5) is 20.3. The first kappa shape index (κ1) is 15.0. The van der Waals surface area contributed by atoms with E-state index in [1.807, 2.05) is 5.41 Å². The van der Waals surface area contributed by atoms with E-state index in [1.165, 1.54) is 18.0 Å². The minimum Gasteiger partial charge on any atom is -0.333 e. The molecule has 7 heteroatoms. The monoisotopic (exact) mass is 334 g/mol. The molecule has 1 aromatic heterocycles. The van der Waals surface area contributed by atoms with Crippen LogP contribution in [-0.2, 0) is 0 Å². The van der Waals surface area contributed by atoms with Gasteiger partial charge in [-0.1, -0.05) is 0 Å². The van der Waals surface area contributed by atoms with Gasteiger partial charge in [0.05, 0.1) is 0 Å². The molecule has 1 N–H and O–H groups in total. The molecule has 23 heavy (non-hydrogen) atoms. The number of fused-ring (bicyclic) bond motifs is 3. The highest BCUT2D eigenvalue weighted by Gasteiger charge is 2.37. The van der Waals surface area contributed by atoms with Crippen LogP contribution >= 0.6 is 11.8 Å². The maximum Gasteiger partial charge on any atom is 0.322 e. The van der Waals surface area contributed by atoms with Gasteiger partial charge in [-0.2, -0.15) is 4.39 Å². The third kappa shape index (κ3) is 2.83. The second-order valence-electron chi connectivity index (χ2n) is 6.26. The van der Waals surface area contributed by atoms with Gasteiger partial charge in [0.2, 0.25) is 5.95 Å². The Morgan fingerprint density at radius 1 is 1.39 bits per heavy atom. The minimum absolute atomic E-state index is 0.154. The van der Waals surface area contributed by atoms with E-state index >= 15 is 0 Å². The van der Waals surface area contributed by atoms with E-state index in [2.05, 4.69) is 15.2 Å². The van der Waals surface area contributed by atoms with Crippen LogP contribution in [0.4, 0.5) is 9.18 Å². The summed E-state index contributed by atoms with van der Waals surface area (Å²) in [5.41, 5.74) is 0.437. The summed E-state index contributed by atoms with van der Waals surface area (Å²) < 4.78 is 13.9. The van der Waals surface area contributed by atoms with Gasteiger partial charge >= 0.3 is 6.03 Å². The Bertz CT molecular complexity index is 632. The first-order valence-corrected chi connectivity index (χ1v) is 8.90. The highest BCUT2D eigenvalue weighted by molar-refractivity contribution is 8.02. The van der Waals surface area contributed by atoms with Crippen LogP contribution in [0.5, 0.6) is 0 Å². The highest BCUT2D eigenvalue weighted by Crippen LogP contribution is 2.39. The van der Waals surface area contributed by atoms with E-state index in [4.69, 9.17) is 0 Å². The van der Waals surface area contributed by atoms with Crippen molar-refractivity contribution >= 4 is 17.8 Å². The van der Waals surface area contributed by atoms with Crippen LogP contribution in [0.25, 0.3) is 0 Å². The first-order valence-electron chi connectivity index (χ1n) is 7.96. The molecule has 0 radical (unpaired) electrons. The molecule has 2 atom stereocenters. The number of nitrogens with zero attached hydrogens (tertiary/aromatic N) is 3. The van der Waals surface area contributed by atoms with Crippen LogP contribution in [0.1, 0.15) is 23.8 Å². The zero-order valence-corrected chi connectivity index (χ0v) is 13.5. The molecule has 5 nitrogen and oxygen atoms in total. The average Bonchev–Trinajstić information content (AvgIpc) is 3.06. The lowest BCUT2D eigenvalue weighted by Crippen LogP contribution is -2.58. The van der Waals surface area contributed by atoms with Gasteiger partial charge in [0.25, 0.3) is 0 Å². The van der Waals surface area contributed by atoms with Gasteiger partial charge in [0.1, 0.15) is 5.37 Å². The molecular formula is C16H19FN4OS. The van der Waals surface area contributed by atoms with E-state index in [1.54, 1.807) is 23.2 Å². The number of carbonyl (C=O) groups is 1. The molecule has 3 saturated heterocycles. The Labute approximate surface area is 138 Å². The maximum absolute atomic E-state index is 13.9. The van der Waals surface area contributed by atoms with Crippen LogP contribution in [0.15, 0.2) is 29.9 Å². The minimum atomic E-state index is -0.519. The number of aromatic nitrogens is 1. The first-order chi connectivity index (χ1) is 11.2. The van der Waals surface area contributed by atoms with Crippen molar-refractivity contribution in [3.63, 3.8) is 0 Å². The number of nitrogens with one attached hydrogen (secondary N) is 1. The fourth-order valence-electron chi connectivity index (χ4n) is 3.66. The highest BCUT2D eigenvalue weighted by atomic mass is 32.2. The number of amides is 2. The van der Waals surface area contributed by atoms with E-state index in [9.17, 15) is 9.18 Å². The molecule has 0 aliphatic carbocycles. The largest absolute Gasteiger partial charge is 0.333 e. The lowest BCUT2D eigenvalue weighted by molar-refractivity contribution is 0.0741. The SMILES string of the molecule is O=C(N[C@H]1CN2CCC1CC2)N1C=CSC1c1cccnc1F. The molecule has 0 aromatic carbocycles. The zero-order valence-electron chi connectivity index (χ0n) is 12.7. The smallest absolute Gasteiger partial charge is 0.322 e. The Kier molecular flexibility index (Phi) is 3.98. The summed E-state index contributed by atoms with van der Waals surface area (Å²) in [5.74, 6) is 0.0473.